The Morgan fingerprint density at radius 3 is 2.62 bits per heavy atom. The first kappa shape index (κ1) is 24.3. The van der Waals surface area contributed by atoms with Crippen LogP contribution >= 0.6 is 11.8 Å². The van der Waals surface area contributed by atoms with Crippen LogP contribution in [0.15, 0.2) is 77.2 Å². The maximum absolute atomic E-state index is 13.3. The first-order valence-corrected chi connectivity index (χ1v) is 13.6. The zero-order valence-corrected chi connectivity index (χ0v) is 20.8. The molecule has 8 heteroatoms. The average molecular weight is 497 g/mol. The van der Waals surface area contributed by atoms with Crippen LogP contribution in [0, 0.1) is 0 Å². The number of allylic oxidation sites excluding steroid dienone is 1. The van der Waals surface area contributed by atoms with Crippen LogP contribution < -0.4 is 4.74 Å². The minimum absolute atomic E-state index is 0.125. The molecule has 1 aromatic heterocycles. The van der Waals surface area contributed by atoms with Gasteiger partial charge in [-0.05, 0) is 48.7 Å². The lowest BCUT2D eigenvalue weighted by molar-refractivity contribution is 0.0966. The van der Waals surface area contributed by atoms with Gasteiger partial charge in [0, 0.05) is 30.3 Å². The summed E-state index contributed by atoms with van der Waals surface area (Å²) in [6.45, 7) is 4.78. The monoisotopic (exact) mass is 496 g/mol. The van der Waals surface area contributed by atoms with E-state index in [0.29, 0.717) is 30.2 Å². The summed E-state index contributed by atoms with van der Waals surface area (Å²) in [5, 5.41) is 1.81. The van der Waals surface area contributed by atoms with E-state index in [2.05, 4.69) is 6.58 Å². The molecule has 2 aromatic carbocycles. The van der Waals surface area contributed by atoms with Gasteiger partial charge in [-0.25, -0.2) is 8.42 Å². The van der Waals surface area contributed by atoms with Gasteiger partial charge in [0.25, 0.3) is 5.91 Å². The van der Waals surface area contributed by atoms with Crippen molar-refractivity contribution < 1.29 is 17.9 Å². The van der Waals surface area contributed by atoms with Crippen LogP contribution in [0.1, 0.15) is 29.6 Å². The fraction of sp³-hybridized carbons (Fsp3) is 0.269. The first-order valence-electron chi connectivity index (χ1n) is 11.2. The topological polar surface area (TPSA) is 68.6 Å². The summed E-state index contributed by atoms with van der Waals surface area (Å²) in [7, 11) is -2.22. The van der Waals surface area contributed by atoms with Gasteiger partial charge >= 0.3 is 0 Å². The molecule has 0 unspecified atom stereocenters. The number of aromatic nitrogens is 1. The Labute approximate surface area is 205 Å². The van der Waals surface area contributed by atoms with E-state index in [1.807, 2.05) is 30.3 Å². The highest BCUT2D eigenvalue weighted by molar-refractivity contribution is 7.99. The highest BCUT2D eigenvalue weighted by Crippen LogP contribution is 2.31. The van der Waals surface area contributed by atoms with Crippen LogP contribution in [0.4, 0.5) is 0 Å². The number of carbonyl (C=O) groups is 1. The highest BCUT2D eigenvalue weighted by Gasteiger charge is 2.29. The number of hydrogen-bond donors (Lipinski definition) is 0. The molecule has 0 saturated carbocycles. The molecule has 0 N–H and O–H groups in total. The molecular formula is C26H28N2O4S2. The quantitative estimate of drug-likeness (QED) is 0.235. The van der Waals surface area contributed by atoms with E-state index >= 15 is 0 Å². The number of thioether (sulfide) groups is 1. The van der Waals surface area contributed by atoms with Crippen LogP contribution in [0.25, 0.3) is 17.0 Å². The van der Waals surface area contributed by atoms with E-state index in [-0.39, 0.29) is 10.8 Å². The zero-order valence-electron chi connectivity index (χ0n) is 19.1. The molecule has 0 amide bonds. The smallest absolute Gasteiger partial charge is 0.255 e. The molecule has 1 fully saturated rings. The third kappa shape index (κ3) is 4.99. The molecule has 1 aliphatic heterocycles. The lowest BCUT2D eigenvalue weighted by Gasteiger charge is -2.26. The van der Waals surface area contributed by atoms with Gasteiger partial charge in [0.2, 0.25) is 10.0 Å². The van der Waals surface area contributed by atoms with Gasteiger partial charge in [0.05, 0.1) is 17.7 Å². The van der Waals surface area contributed by atoms with Gasteiger partial charge < -0.3 is 4.74 Å². The molecule has 6 nitrogen and oxygen atoms in total. The van der Waals surface area contributed by atoms with Gasteiger partial charge in [-0.1, -0.05) is 36.8 Å². The third-order valence-electron chi connectivity index (χ3n) is 5.79. The summed E-state index contributed by atoms with van der Waals surface area (Å²) >= 11 is 1.54. The highest BCUT2D eigenvalue weighted by atomic mass is 32.2. The van der Waals surface area contributed by atoms with E-state index in [1.165, 1.54) is 29.3 Å². The van der Waals surface area contributed by atoms with Crippen LogP contribution in [-0.2, 0) is 10.0 Å². The number of hydrogen-bond acceptors (Lipinski definition) is 5. The molecular weight excluding hydrogens is 468 g/mol. The standard InChI is InChI=1S/C26H28N2O4S2/c1-3-17-33-26-19-21-9-5-6-10-22(21)28(26)25(29)14-12-20-11-13-23(32-2)24(18-20)34(30,31)27-15-7-4-8-16-27/h3,5-6,9-14,18-19H,1,4,7-8,15-17H2,2H3. The van der Waals surface area contributed by atoms with Crippen molar-refractivity contribution in [3.8, 4) is 5.75 Å². The van der Waals surface area contributed by atoms with Crippen LogP contribution in [0.5, 0.6) is 5.75 Å². The summed E-state index contributed by atoms with van der Waals surface area (Å²) in [6.07, 6.45) is 7.67. The van der Waals surface area contributed by atoms with E-state index in [9.17, 15) is 13.2 Å². The van der Waals surface area contributed by atoms with Crippen molar-refractivity contribution in [2.24, 2.45) is 0 Å². The molecule has 0 aliphatic carbocycles. The van der Waals surface area contributed by atoms with Crippen molar-refractivity contribution in [1.29, 1.82) is 0 Å². The molecule has 1 saturated heterocycles. The Bertz CT molecular complexity index is 1340. The Hall–Kier alpha value is -2.81. The lowest BCUT2D eigenvalue weighted by atomic mass is 10.2. The number of nitrogens with zero attached hydrogens (tertiary/aromatic N) is 2. The Balaban J connectivity index is 1.66. The van der Waals surface area contributed by atoms with Crippen LogP contribution in [0.3, 0.4) is 0 Å². The maximum Gasteiger partial charge on any atom is 0.255 e. The molecule has 178 valence electrons. The molecule has 34 heavy (non-hydrogen) atoms. The van der Waals surface area contributed by atoms with Crippen LogP contribution in [0.2, 0.25) is 0 Å². The Kier molecular flexibility index (Phi) is 7.60. The Morgan fingerprint density at radius 1 is 1.12 bits per heavy atom. The lowest BCUT2D eigenvalue weighted by Crippen LogP contribution is -2.35. The molecule has 3 aromatic rings. The maximum atomic E-state index is 13.3. The van der Waals surface area contributed by atoms with Crippen molar-refractivity contribution in [3.63, 3.8) is 0 Å². The molecule has 0 bridgehead atoms. The number of ether oxygens (including phenoxy) is 1. The number of para-hydroxylation sites is 1. The fourth-order valence-electron chi connectivity index (χ4n) is 4.09. The minimum atomic E-state index is -3.68. The van der Waals surface area contributed by atoms with Crippen molar-refractivity contribution >= 4 is 44.7 Å². The summed E-state index contributed by atoms with van der Waals surface area (Å²) in [5.41, 5.74) is 1.44. The fourth-order valence-corrected chi connectivity index (χ4v) is 6.62. The molecule has 0 atom stereocenters. The second-order valence-corrected chi connectivity index (χ2v) is 11.0. The summed E-state index contributed by atoms with van der Waals surface area (Å²) in [4.78, 5) is 13.3. The number of fused-ring (bicyclic) bond motifs is 1. The SMILES string of the molecule is C=CCSc1cc2ccccc2n1C(=O)C=Cc1ccc(OC)c(S(=O)(=O)N2CCCCC2)c1. The summed E-state index contributed by atoms with van der Waals surface area (Å²) in [5.74, 6) is 0.779. The van der Waals surface area contributed by atoms with Crippen molar-refractivity contribution in [3.05, 3.63) is 72.8 Å². The van der Waals surface area contributed by atoms with Gasteiger partial charge in [-0.15, -0.1) is 18.3 Å². The largest absolute Gasteiger partial charge is 0.495 e. The number of benzene rings is 2. The molecule has 1 aliphatic rings. The number of methoxy groups -OCH3 is 1. The molecule has 0 radical (unpaired) electrons. The molecule has 0 spiro atoms. The van der Waals surface area contributed by atoms with E-state index in [1.54, 1.807) is 34.9 Å². The molecule has 2 heterocycles. The predicted octanol–water partition coefficient (Wildman–Crippen LogP) is 5.46. The van der Waals surface area contributed by atoms with Gasteiger partial charge in [-0.3, -0.25) is 9.36 Å². The zero-order chi connectivity index (χ0) is 24.1. The van der Waals surface area contributed by atoms with Crippen LogP contribution in [-0.4, -0.2) is 49.1 Å². The molecule has 4 rings (SSSR count). The van der Waals surface area contributed by atoms with Crippen molar-refractivity contribution in [1.82, 2.24) is 8.87 Å². The second-order valence-electron chi connectivity index (χ2n) is 8.02. The number of rotatable bonds is 8. The Morgan fingerprint density at radius 2 is 1.88 bits per heavy atom. The third-order valence-corrected chi connectivity index (χ3v) is 8.70. The number of carbonyl (C=O) groups excluding carboxylic acids is 1. The van der Waals surface area contributed by atoms with E-state index in [0.717, 1.165) is 35.2 Å². The predicted molar refractivity (Wildman–Crippen MR) is 138 cm³/mol. The summed E-state index contributed by atoms with van der Waals surface area (Å²) < 4.78 is 35.1. The number of sulfonamides is 1. The summed E-state index contributed by atoms with van der Waals surface area (Å²) in [6, 6.07) is 14.7. The van der Waals surface area contributed by atoms with Gasteiger partial charge in [0.15, 0.2) is 0 Å². The normalized spacial score (nSPS) is 15.1. The average Bonchev–Trinajstić information content (AvgIpc) is 3.24. The van der Waals surface area contributed by atoms with E-state index in [4.69, 9.17) is 4.74 Å². The van der Waals surface area contributed by atoms with Gasteiger partial charge in [-0.2, -0.15) is 4.31 Å². The van der Waals surface area contributed by atoms with Crippen molar-refractivity contribution in [2.45, 2.75) is 29.2 Å². The van der Waals surface area contributed by atoms with E-state index < -0.39 is 10.0 Å². The van der Waals surface area contributed by atoms with Crippen molar-refractivity contribution in [2.75, 3.05) is 26.0 Å². The van der Waals surface area contributed by atoms with Gasteiger partial charge in [0.1, 0.15) is 10.6 Å². The second kappa shape index (κ2) is 10.6. The number of piperidine rings is 1. The first-order chi connectivity index (χ1) is 16.5. The minimum Gasteiger partial charge on any atom is -0.495 e.